The lowest BCUT2D eigenvalue weighted by Crippen LogP contribution is -1.97. The van der Waals surface area contributed by atoms with Gasteiger partial charge in [0.1, 0.15) is 5.52 Å². The molecule has 74 valence electrons. The SMILES string of the molecule is CCn1nc2nnc(SC)nc2c1C. The maximum Gasteiger partial charge on any atom is 0.221 e. The number of thioether (sulfide) groups is 1. The predicted molar refractivity (Wildman–Crippen MR) is 55.3 cm³/mol. The molecular weight excluding hydrogens is 198 g/mol. The molecule has 0 bridgehead atoms. The minimum atomic E-state index is 0.627. The van der Waals surface area contributed by atoms with Gasteiger partial charge in [-0.15, -0.1) is 15.3 Å². The van der Waals surface area contributed by atoms with Crippen molar-refractivity contribution in [3.05, 3.63) is 5.69 Å². The van der Waals surface area contributed by atoms with Gasteiger partial charge in [0.25, 0.3) is 0 Å². The fourth-order valence-corrected chi connectivity index (χ4v) is 1.63. The van der Waals surface area contributed by atoms with Crippen molar-refractivity contribution < 1.29 is 0 Å². The van der Waals surface area contributed by atoms with Crippen molar-refractivity contribution in [3.63, 3.8) is 0 Å². The summed E-state index contributed by atoms with van der Waals surface area (Å²) in [5.41, 5.74) is 2.53. The van der Waals surface area contributed by atoms with Crippen LogP contribution in [0.2, 0.25) is 0 Å². The highest BCUT2D eigenvalue weighted by Crippen LogP contribution is 2.15. The lowest BCUT2D eigenvalue weighted by molar-refractivity contribution is 0.644. The summed E-state index contributed by atoms with van der Waals surface area (Å²) >= 11 is 1.49. The highest BCUT2D eigenvalue weighted by molar-refractivity contribution is 7.98. The summed E-state index contributed by atoms with van der Waals surface area (Å²) in [6.45, 7) is 4.87. The zero-order valence-corrected chi connectivity index (χ0v) is 9.17. The van der Waals surface area contributed by atoms with Crippen molar-refractivity contribution >= 4 is 22.9 Å². The Bertz CT molecular complexity index is 464. The van der Waals surface area contributed by atoms with Gasteiger partial charge in [-0.1, -0.05) is 11.8 Å². The van der Waals surface area contributed by atoms with E-state index in [9.17, 15) is 0 Å². The van der Waals surface area contributed by atoms with Gasteiger partial charge in [0.15, 0.2) is 0 Å². The van der Waals surface area contributed by atoms with Crippen LogP contribution in [0.3, 0.4) is 0 Å². The van der Waals surface area contributed by atoms with Crippen LogP contribution in [0.1, 0.15) is 12.6 Å². The van der Waals surface area contributed by atoms with Crippen molar-refractivity contribution in [2.75, 3.05) is 6.26 Å². The molecule has 0 saturated heterocycles. The number of aryl methyl sites for hydroxylation is 2. The Labute approximate surface area is 85.9 Å². The Morgan fingerprint density at radius 3 is 2.79 bits per heavy atom. The summed E-state index contributed by atoms with van der Waals surface area (Å²) in [4.78, 5) is 4.37. The molecule has 0 unspecified atom stereocenters. The molecule has 6 heteroatoms. The van der Waals surface area contributed by atoms with Gasteiger partial charge >= 0.3 is 0 Å². The fourth-order valence-electron chi connectivity index (χ4n) is 1.32. The molecule has 2 heterocycles. The van der Waals surface area contributed by atoms with E-state index in [1.807, 2.05) is 24.8 Å². The quantitative estimate of drug-likeness (QED) is 0.697. The molecule has 5 nitrogen and oxygen atoms in total. The molecule has 14 heavy (non-hydrogen) atoms. The molecule has 0 radical (unpaired) electrons. The van der Waals surface area contributed by atoms with Crippen LogP contribution in [-0.2, 0) is 6.54 Å². The van der Waals surface area contributed by atoms with Crippen molar-refractivity contribution in [1.82, 2.24) is 25.0 Å². The normalized spacial score (nSPS) is 11.1. The number of nitrogens with zero attached hydrogens (tertiary/aromatic N) is 5. The first-order valence-electron chi connectivity index (χ1n) is 4.38. The average molecular weight is 209 g/mol. The van der Waals surface area contributed by atoms with Crippen LogP contribution in [0.5, 0.6) is 0 Å². The van der Waals surface area contributed by atoms with Crippen LogP contribution in [0.15, 0.2) is 5.16 Å². The molecule has 0 saturated carbocycles. The molecule has 0 amide bonds. The Balaban J connectivity index is 2.68. The second kappa shape index (κ2) is 3.53. The van der Waals surface area contributed by atoms with Crippen LogP contribution >= 0.6 is 11.8 Å². The largest absolute Gasteiger partial charge is 0.266 e. The summed E-state index contributed by atoms with van der Waals surface area (Å²) in [5, 5.41) is 12.9. The highest BCUT2D eigenvalue weighted by atomic mass is 32.2. The second-order valence-electron chi connectivity index (χ2n) is 2.87. The van der Waals surface area contributed by atoms with Crippen molar-refractivity contribution in [2.24, 2.45) is 0 Å². The van der Waals surface area contributed by atoms with Gasteiger partial charge in [0.05, 0.1) is 5.69 Å². The standard InChI is InChI=1S/C8H11N5S/c1-4-13-5(2)6-7(12-13)10-11-8(9-6)14-3/h4H2,1-3H3. The van der Waals surface area contributed by atoms with Gasteiger partial charge in [-0.2, -0.15) is 0 Å². The molecule has 0 aliphatic heterocycles. The molecule has 2 rings (SSSR count). The van der Waals surface area contributed by atoms with E-state index in [4.69, 9.17) is 0 Å². The van der Waals surface area contributed by atoms with E-state index in [1.54, 1.807) is 0 Å². The predicted octanol–water partition coefficient (Wildman–Crippen LogP) is 1.27. The lowest BCUT2D eigenvalue weighted by Gasteiger charge is -1.96. The molecule has 0 atom stereocenters. The van der Waals surface area contributed by atoms with Gasteiger partial charge < -0.3 is 0 Å². The molecule has 0 fully saturated rings. The summed E-state index contributed by atoms with van der Waals surface area (Å²) < 4.78 is 1.89. The van der Waals surface area contributed by atoms with Crippen LogP contribution < -0.4 is 0 Å². The number of rotatable bonds is 2. The first-order valence-corrected chi connectivity index (χ1v) is 5.60. The van der Waals surface area contributed by atoms with E-state index < -0.39 is 0 Å². The Morgan fingerprint density at radius 1 is 1.36 bits per heavy atom. The van der Waals surface area contributed by atoms with Crippen LogP contribution in [0.4, 0.5) is 0 Å². The molecule has 0 aromatic carbocycles. The third kappa shape index (κ3) is 1.35. The van der Waals surface area contributed by atoms with Gasteiger partial charge in [-0.05, 0) is 20.1 Å². The van der Waals surface area contributed by atoms with Crippen LogP contribution in [-0.4, -0.2) is 31.2 Å². The third-order valence-corrected chi connectivity index (χ3v) is 2.62. The van der Waals surface area contributed by atoms with Crippen LogP contribution in [0.25, 0.3) is 11.2 Å². The summed E-state index contributed by atoms with van der Waals surface area (Å²) in [6, 6.07) is 0. The molecule has 0 N–H and O–H groups in total. The molecular formula is C8H11N5S. The first-order chi connectivity index (χ1) is 6.76. The van der Waals surface area contributed by atoms with Crippen molar-refractivity contribution in [3.8, 4) is 0 Å². The number of aromatic nitrogens is 5. The van der Waals surface area contributed by atoms with Crippen molar-refractivity contribution in [2.45, 2.75) is 25.5 Å². The van der Waals surface area contributed by atoms with Gasteiger partial charge in [-0.25, -0.2) is 4.98 Å². The Morgan fingerprint density at radius 2 is 2.14 bits per heavy atom. The van der Waals surface area contributed by atoms with Gasteiger partial charge in [-0.3, -0.25) is 4.68 Å². The minimum absolute atomic E-state index is 0.627. The lowest BCUT2D eigenvalue weighted by atomic mass is 10.4. The second-order valence-corrected chi connectivity index (χ2v) is 3.65. The van der Waals surface area contributed by atoms with E-state index in [0.29, 0.717) is 10.8 Å². The Kier molecular flexibility index (Phi) is 2.37. The summed E-state index contributed by atoms with van der Waals surface area (Å²) in [6.07, 6.45) is 1.93. The van der Waals surface area contributed by atoms with E-state index >= 15 is 0 Å². The zero-order valence-electron chi connectivity index (χ0n) is 8.35. The average Bonchev–Trinajstić information content (AvgIpc) is 2.55. The third-order valence-electron chi connectivity index (χ3n) is 2.08. The Hall–Kier alpha value is -1.17. The zero-order chi connectivity index (χ0) is 10.1. The molecule has 0 aliphatic carbocycles. The molecule has 0 aliphatic rings. The number of hydrogen-bond donors (Lipinski definition) is 0. The highest BCUT2D eigenvalue weighted by Gasteiger charge is 2.09. The monoisotopic (exact) mass is 209 g/mol. The van der Waals surface area contributed by atoms with Gasteiger partial charge in [0.2, 0.25) is 10.8 Å². The van der Waals surface area contributed by atoms with E-state index in [2.05, 4.69) is 20.3 Å². The van der Waals surface area contributed by atoms with E-state index in [1.165, 1.54) is 11.8 Å². The van der Waals surface area contributed by atoms with Crippen molar-refractivity contribution in [1.29, 1.82) is 0 Å². The molecule has 2 aromatic heterocycles. The topological polar surface area (TPSA) is 56.5 Å². The van der Waals surface area contributed by atoms with E-state index in [-0.39, 0.29) is 0 Å². The minimum Gasteiger partial charge on any atom is -0.266 e. The summed E-state index contributed by atoms with van der Waals surface area (Å²) in [5.74, 6) is 0. The molecule has 0 spiro atoms. The van der Waals surface area contributed by atoms with Gasteiger partial charge in [0, 0.05) is 6.54 Å². The smallest absolute Gasteiger partial charge is 0.221 e. The fraction of sp³-hybridized carbons (Fsp3) is 0.500. The number of hydrogen-bond acceptors (Lipinski definition) is 5. The summed E-state index contributed by atoms with van der Waals surface area (Å²) in [7, 11) is 0. The number of fused-ring (bicyclic) bond motifs is 1. The van der Waals surface area contributed by atoms with Crippen LogP contribution in [0, 0.1) is 6.92 Å². The maximum atomic E-state index is 4.37. The molecule has 2 aromatic rings. The maximum absolute atomic E-state index is 4.37. The van der Waals surface area contributed by atoms with E-state index in [0.717, 1.165) is 17.8 Å². The first kappa shape index (κ1) is 9.39.